The molecular weight excluding hydrogens is 420 g/mol. The fraction of sp³-hybridized carbons (Fsp3) is 0.316. The highest BCUT2D eigenvalue weighted by atomic mass is 32.3. The summed E-state index contributed by atoms with van der Waals surface area (Å²) in [7, 11) is -6.79. The zero-order chi connectivity index (χ0) is 20.8. The normalized spacial score (nSPS) is 12.7. The van der Waals surface area contributed by atoms with Gasteiger partial charge in [-0.3, -0.25) is 4.79 Å². The van der Waals surface area contributed by atoms with Crippen LogP contribution in [0.25, 0.3) is 0 Å². The summed E-state index contributed by atoms with van der Waals surface area (Å²) < 4.78 is 31.1. The first-order valence-corrected chi connectivity index (χ1v) is 12.5. The second-order valence-electron chi connectivity index (χ2n) is 6.27. The van der Waals surface area contributed by atoms with Gasteiger partial charge in [0.05, 0.1) is 23.9 Å². The summed E-state index contributed by atoms with van der Waals surface area (Å²) in [4.78, 5) is 13.4. The minimum atomic E-state index is -4.16. The molecule has 2 rings (SSSR count). The molecule has 0 aromatic heterocycles. The van der Waals surface area contributed by atoms with Gasteiger partial charge in [0, 0.05) is 22.0 Å². The fourth-order valence-corrected chi connectivity index (χ4v) is 7.57. The summed E-state index contributed by atoms with van der Waals surface area (Å²) in [5.74, 6) is -0.598. The predicted octanol–water partition coefficient (Wildman–Crippen LogP) is 2.58. The Labute approximate surface area is 172 Å². The SMILES string of the molecule is Cc1ccc(S(=O)(=O)OS(CCO)(CCO)CC(=O)c2ccc(S)cc2)cc1. The molecule has 0 bridgehead atoms. The van der Waals surface area contributed by atoms with Gasteiger partial charge < -0.3 is 10.2 Å². The Bertz CT molecular complexity index is 886. The van der Waals surface area contributed by atoms with Crippen molar-refractivity contribution in [3.63, 3.8) is 0 Å². The third kappa shape index (κ3) is 6.07. The average molecular weight is 445 g/mol. The van der Waals surface area contributed by atoms with Crippen LogP contribution >= 0.6 is 22.9 Å². The van der Waals surface area contributed by atoms with Crippen LogP contribution in [-0.4, -0.2) is 54.9 Å². The van der Waals surface area contributed by atoms with Gasteiger partial charge in [0.1, 0.15) is 0 Å². The van der Waals surface area contributed by atoms with Crippen LogP contribution in [0.3, 0.4) is 0 Å². The molecule has 0 aliphatic heterocycles. The van der Waals surface area contributed by atoms with E-state index in [1.54, 1.807) is 36.4 Å². The lowest BCUT2D eigenvalue weighted by atomic mass is 10.1. The van der Waals surface area contributed by atoms with Gasteiger partial charge in [-0.2, -0.15) is 8.42 Å². The largest absolute Gasteiger partial charge is 0.395 e. The summed E-state index contributed by atoms with van der Waals surface area (Å²) in [6.45, 7) is 1.11. The number of hydrogen-bond donors (Lipinski definition) is 3. The van der Waals surface area contributed by atoms with Gasteiger partial charge in [0.2, 0.25) is 0 Å². The molecule has 28 heavy (non-hydrogen) atoms. The fourth-order valence-electron chi connectivity index (χ4n) is 2.58. The second-order valence-corrected chi connectivity index (χ2v) is 11.7. The van der Waals surface area contributed by atoms with Crippen LogP contribution in [0.4, 0.5) is 0 Å². The number of aliphatic hydroxyl groups is 2. The summed E-state index contributed by atoms with van der Waals surface area (Å²) >= 11 is 4.18. The van der Waals surface area contributed by atoms with E-state index in [1.807, 2.05) is 6.92 Å². The molecule has 0 radical (unpaired) electrons. The number of rotatable bonds is 10. The highest BCUT2D eigenvalue weighted by molar-refractivity contribution is 8.33. The molecule has 2 aromatic rings. The monoisotopic (exact) mass is 444 g/mol. The minimum Gasteiger partial charge on any atom is -0.395 e. The molecule has 0 aliphatic rings. The lowest BCUT2D eigenvalue weighted by molar-refractivity contribution is 0.102. The second kappa shape index (κ2) is 9.91. The maximum absolute atomic E-state index is 12.8. The summed E-state index contributed by atoms with van der Waals surface area (Å²) in [5, 5.41) is 19.0. The van der Waals surface area contributed by atoms with E-state index in [1.165, 1.54) is 12.1 Å². The van der Waals surface area contributed by atoms with Crippen molar-refractivity contribution >= 4 is 38.8 Å². The number of carbonyl (C=O) groups excluding carboxylic acids is 1. The number of carbonyl (C=O) groups is 1. The molecule has 0 saturated heterocycles. The molecule has 0 heterocycles. The molecule has 2 N–H and O–H groups in total. The Hall–Kier alpha value is -1.36. The van der Waals surface area contributed by atoms with Gasteiger partial charge in [-0.05, 0) is 31.2 Å². The maximum atomic E-state index is 12.8. The Kier molecular flexibility index (Phi) is 8.11. The number of hydrogen-bond acceptors (Lipinski definition) is 7. The first-order chi connectivity index (χ1) is 13.2. The Morgan fingerprint density at radius 1 is 0.964 bits per heavy atom. The van der Waals surface area contributed by atoms with E-state index in [0.29, 0.717) is 10.5 Å². The third-order valence-electron chi connectivity index (χ3n) is 4.05. The molecule has 9 heteroatoms. The Morgan fingerprint density at radius 2 is 1.50 bits per heavy atom. The zero-order valence-electron chi connectivity index (χ0n) is 15.4. The maximum Gasteiger partial charge on any atom is 0.306 e. The van der Waals surface area contributed by atoms with Gasteiger partial charge >= 0.3 is 10.1 Å². The van der Waals surface area contributed by atoms with E-state index in [4.69, 9.17) is 3.63 Å². The highest BCUT2D eigenvalue weighted by Gasteiger charge is 2.34. The molecule has 0 aliphatic carbocycles. The first kappa shape index (κ1) is 22.9. The van der Waals surface area contributed by atoms with Crippen molar-refractivity contribution in [1.29, 1.82) is 0 Å². The third-order valence-corrected chi connectivity index (χ3v) is 9.71. The van der Waals surface area contributed by atoms with Gasteiger partial charge in [-0.1, -0.05) is 29.8 Å². The Morgan fingerprint density at radius 3 is 2.00 bits per heavy atom. The minimum absolute atomic E-state index is 0.0299. The van der Waals surface area contributed by atoms with Gasteiger partial charge in [0.15, 0.2) is 5.78 Å². The molecule has 0 spiro atoms. The zero-order valence-corrected chi connectivity index (χ0v) is 18.0. The topological polar surface area (TPSA) is 101 Å². The van der Waals surface area contributed by atoms with Gasteiger partial charge in [-0.15, -0.1) is 22.9 Å². The quantitative estimate of drug-likeness (QED) is 0.385. The number of benzene rings is 2. The molecule has 0 amide bonds. The van der Waals surface area contributed by atoms with Crippen molar-refractivity contribution in [2.45, 2.75) is 16.7 Å². The smallest absolute Gasteiger partial charge is 0.306 e. The van der Waals surface area contributed by atoms with Crippen LogP contribution in [-0.2, 0) is 13.7 Å². The lowest BCUT2D eigenvalue weighted by Crippen LogP contribution is -2.27. The van der Waals surface area contributed by atoms with E-state index in [-0.39, 0.29) is 41.2 Å². The molecule has 2 aromatic carbocycles. The average Bonchev–Trinajstić information content (AvgIpc) is 2.62. The number of aliphatic hydroxyl groups excluding tert-OH is 2. The highest BCUT2D eigenvalue weighted by Crippen LogP contribution is 2.51. The van der Waals surface area contributed by atoms with E-state index in [2.05, 4.69) is 12.6 Å². The van der Waals surface area contributed by atoms with Crippen LogP contribution in [0.2, 0.25) is 0 Å². The summed E-state index contributed by atoms with van der Waals surface area (Å²) in [6.07, 6.45) is 0. The van der Waals surface area contributed by atoms with Gasteiger partial charge in [-0.25, -0.2) is 3.63 Å². The van der Waals surface area contributed by atoms with E-state index in [0.717, 1.165) is 5.56 Å². The van der Waals surface area contributed by atoms with E-state index in [9.17, 15) is 23.4 Å². The molecule has 0 saturated carbocycles. The molecule has 0 atom stereocenters. The van der Waals surface area contributed by atoms with Crippen molar-refractivity contribution < 1.29 is 27.1 Å². The first-order valence-electron chi connectivity index (χ1n) is 8.54. The molecule has 0 fully saturated rings. The van der Waals surface area contributed by atoms with Crippen LogP contribution < -0.4 is 0 Å². The van der Waals surface area contributed by atoms with Crippen molar-refractivity contribution in [3.8, 4) is 0 Å². The number of aryl methyl sites for hydroxylation is 1. The summed E-state index contributed by atoms with van der Waals surface area (Å²) in [5.41, 5.74) is 1.29. The number of thiol groups is 1. The number of ketones is 1. The standard InChI is InChI=1S/C19H24O6S3/c1-15-2-8-18(9-3-15)28(23,24)25-27(12-10-20,13-11-21)14-19(22)16-4-6-17(26)7-5-16/h2-9,20-21,26H,10-14H2,1H3. The van der Waals surface area contributed by atoms with Crippen molar-refractivity contribution in [1.82, 2.24) is 0 Å². The molecular formula is C19H24O6S3. The van der Waals surface area contributed by atoms with E-state index >= 15 is 0 Å². The van der Waals surface area contributed by atoms with Crippen molar-refractivity contribution in [3.05, 3.63) is 59.7 Å². The molecule has 0 unspecified atom stereocenters. The van der Waals surface area contributed by atoms with Crippen molar-refractivity contribution in [2.24, 2.45) is 0 Å². The summed E-state index contributed by atoms with van der Waals surface area (Å²) in [6, 6.07) is 12.7. The van der Waals surface area contributed by atoms with Crippen LogP contribution in [0, 0.1) is 6.92 Å². The van der Waals surface area contributed by atoms with Crippen LogP contribution in [0.5, 0.6) is 0 Å². The van der Waals surface area contributed by atoms with E-state index < -0.39 is 20.4 Å². The van der Waals surface area contributed by atoms with Crippen LogP contribution in [0.1, 0.15) is 15.9 Å². The Balaban J connectivity index is 2.34. The molecule has 154 valence electrons. The lowest BCUT2D eigenvalue weighted by Gasteiger charge is -2.36. The van der Waals surface area contributed by atoms with Gasteiger partial charge in [0.25, 0.3) is 0 Å². The number of Topliss-reactive ketones (excluding diaryl/α,β-unsaturated/α-hetero) is 1. The molecule has 6 nitrogen and oxygen atoms in total. The van der Waals surface area contributed by atoms with Crippen LogP contribution in [0.15, 0.2) is 58.3 Å². The predicted molar refractivity (Wildman–Crippen MR) is 114 cm³/mol. The van der Waals surface area contributed by atoms with Crippen molar-refractivity contribution in [2.75, 3.05) is 30.5 Å².